The van der Waals surface area contributed by atoms with E-state index in [0.717, 1.165) is 5.69 Å². The smallest absolute Gasteiger partial charge is 0.254 e. The maximum absolute atomic E-state index is 12.6. The Morgan fingerprint density at radius 3 is 2.62 bits per heavy atom. The van der Waals surface area contributed by atoms with Gasteiger partial charge in [-0.1, -0.05) is 0 Å². The molecule has 1 aromatic heterocycles. The van der Waals surface area contributed by atoms with Gasteiger partial charge in [0.05, 0.1) is 11.4 Å². The molecule has 140 valence electrons. The topological polar surface area (TPSA) is 112 Å². The molecule has 2 aromatic rings. The zero-order valence-electron chi connectivity index (χ0n) is 14.8. The Morgan fingerprint density at radius 2 is 2.08 bits per heavy atom. The number of aromatic amines is 1. The molecule has 26 heavy (non-hydrogen) atoms. The second-order valence-corrected chi connectivity index (χ2v) is 8.55. The second kappa shape index (κ2) is 7.18. The molecule has 1 aromatic carbocycles. The summed E-state index contributed by atoms with van der Waals surface area (Å²) in [4.78, 5) is 21.5. The number of imidazole rings is 1. The Kier molecular flexibility index (Phi) is 5.12. The maximum atomic E-state index is 12.6. The van der Waals surface area contributed by atoms with E-state index in [0.29, 0.717) is 37.4 Å². The van der Waals surface area contributed by atoms with E-state index in [2.05, 4.69) is 9.97 Å². The number of nitrogens with zero attached hydrogens (tertiary/aromatic N) is 3. The predicted molar refractivity (Wildman–Crippen MR) is 96.9 cm³/mol. The van der Waals surface area contributed by atoms with Crippen LogP contribution in [0.15, 0.2) is 35.4 Å². The van der Waals surface area contributed by atoms with E-state index in [4.69, 9.17) is 5.73 Å². The highest BCUT2D eigenvalue weighted by Crippen LogP contribution is 2.21. The first-order chi connectivity index (χ1) is 12.3. The van der Waals surface area contributed by atoms with Crippen LogP contribution >= 0.6 is 0 Å². The highest BCUT2D eigenvalue weighted by Gasteiger charge is 2.31. The van der Waals surface area contributed by atoms with Gasteiger partial charge >= 0.3 is 0 Å². The number of sulfonamides is 1. The van der Waals surface area contributed by atoms with Gasteiger partial charge in [-0.2, -0.15) is 4.31 Å². The van der Waals surface area contributed by atoms with Crippen LogP contribution in [-0.2, 0) is 16.6 Å². The third kappa shape index (κ3) is 3.79. The quantitative estimate of drug-likeness (QED) is 0.797. The maximum Gasteiger partial charge on any atom is 0.254 e. The Labute approximate surface area is 153 Å². The summed E-state index contributed by atoms with van der Waals surface area (Å²) in [5.74, 6) is 0.495. The molecule has 1 saturated heterocycles. The van der Waals surface area contributed by atoms with Gasteiger partial charge in [0.2, 0.25) is 10.0 Å². The zero-order valence-corrected chi connectivity index (χ0v) is 15.7. The predicted octanol–water partition coefficient (Wildman–Crippen LogP) is 0.712. The molecule has 1 aliphatic rings. The van der Waals surface area contributed by atoms with Crippen molar-refractivity contribution < 1.29 is 13.2 Å². The van der Waals surface area contributed by atoms with Gasteiger partial charge < -0.3 is 15.6 Å². The summed E-state index contributed by atoms with van der Waals surface area (Å²) in [5, 5.41) is 0. The minimum absolute atomic E-state index is 0.121. The Morgan fingerprint density at radius 1 is 1.38 bits per heavy atom. The fraction of sp³-hybridized carbons (Fsp3) is 0.412. The van der Waals surface area contributed by atoms with E-state index in [1.54, 1.807) is 13.2 Å². The first kappa shape index (κ1) is 18.6. The summed E-state index contributed by atoms with van der Waals surface area (Å²) >= 11 is 0. The number of hydrogen-bond acceptors (Lipinski definition) is 5. The molecule has 1 atom stereocenters. The van der Waals surface area contributed by atoms with E-state index in [9.17, 15) is 13.2 Å². The molecule has 3 N–H and O–H groups in total. The molecule has 0 aliphatic carbocycles. The van der Waals surface area contributed by atoms with Crippen molar-refractivity contribution in [3.8, 4) is 0 Å². The number of nitrogens with two attached hydrogens (primary N) is 1. The standard InChI is InChI=1S/C17H23N5O3S/c1-12-9-19-16(20-12)11-21(2)17(23)13-3-5-15(6-4-13)26(24,25)22-8-7-14(18)10-22/h3-6,9,14H,7-8,10-11,18H2,1-2H3,(H,19,20)/t14-/m0/s1. The number of nitrogens with one attached hydrogen (secondary N) is 1. The van der Waals surface area contributed by atoms with Gasteiger partial charge in [-0.3, -0.25) is 4.79 Å². The molecule has 3 rings (SSSR count). The first-order valence-electron chi connectivity index (χ1n) is 8.39. The molecule has 0 bridgehead atoms. The highest BCUT2D eigenvalue weighted by atomic mass is 32.2. The van der Waals surface area contributed by atoms with Gasteiger partial charge in [0.15, 0.2) is 0 Å². The van der Waals surface area contributed by atoms with Crippen LogP contribution < -0.4 is 5.73 Å². The number of benzene rings is 1. The molecule has 1 amide bonds. The van der Waals surface area contributed by atoms with Crippen molar-refractivity contribution in [1.82, 2.24) is 19.2 Å². The molecule has 0 unspecified atom stereocenters. The number of aryl methyl sites for hydroxylation is 1. The molecule has 8 nitrogen and oxygen atoms in total. The van der Waals surface area contributed by atoms with E-state index in [1.165, 1.54) is 33.5 Å². The largest absolute Gasteiger partial charge is 0.345 e. The van der Waals surface area contributed by atoms with Crippen LogP contribution in [0.3, 0.4) is 0 Å². The van der Waals surface area contributed by atoms with Crippen molar-refractivity contribution in [3.05, 3.63) is 47.5 Å². The van der Waals surface area contributed by atoms with Crippen LogP contribution in [0.4, 0.5) is 0 Å². The Balaban J connectivity index is 1.71. The lowest BCUT2D eigenvalue weighted by atomic mass is 10.2. The van der Waals surface area contributed by atoms with Gasteiger partial charge in [0.1, 0.15) is 5.82 Å². The summed E-state index contributed by atoms with van der Waals surface area (Å²) in [6, 6.07) is 5.89. The number of carbonyl (C=O) groups excluding carboxylic acids is 1. The minimum Gasteiger partial charge on any atom is -0.345 e. The Hall–Kier alpha value is -2.23. The number of hydrogen-bond donors (Lipinski definition) is 2. The van der Waals surface area contributed by atoms with Gasteiger partial charge in [0, 0.05) is 43.6 Å². The fourth-order valence-electron chi connectivity index (χ4n) is 2.95. The average Bonchev–Trinajstić information content (AvgIpc) is 3.23. The average molecular weight is 377 g/mol. The number of aromatic nitrogens is 2. The number of amides is 1. The molecule has 0 spiro atoms. The monoisotopic (exact) mass is 377 g/mol. The second-order valence-electron chi connectivity index (χ2n) is 6.61. The molecule has 1 fully saturated rings. The number of H-pyrrole nitrogens is 1. The summed E-state index contributed by atoms with van der Waals surface area (Å²) in [6.45, 7) is 2.99. The molecular weight excluding hydrogens is 354 g/mol. The van der Waals surface area contributed by atoms with Crippen molar-refractivity contribution in [2.24, 2.45) is 5.73 Å². The van der Waals surface area contributed by atoms with Crippen molar-refractivity contribution >= 4 is 15.9 Å². The summed E-state index contributed by atoms with van der Waals surface area (Å²) in [5.41, 5.74) is 7.15. The van der Waals surface area contributed by atoms with Crippen molar-refractivity contribution in [2.45, 2.75) is 30.8 Å². The third-order valence-electron chi connectivity index (χ3n) is 4.42. The van der Waals surface area contributed by atoms with Crippen LogP contribution in [-0.4, -0.2) is 59.7 Å². The van der Waals surface area contributed by atoms with Crippen molar-refractivity contribution in [3.63, 3.8) is 0 Å². The van der Waals surface area contributed by atoms with Gasteiger partial charge in [-0.15, -0.1) is 0 Å². The number of carbonyl (C=O) groups is 1. The van der Waals surface area contributed by atoms with Crippen molar-refractivity contribution in [2.75, 3.05) is 20.1 Å². The van der Waals surface area contributed by atoms with E-state index in [-0.39, 0.29) is 16.8 Å². The van der Waals surface area contributed by atoms with Crippen molar-refractivity contribution in [1.29, 1.82) is 0 Å². The van der Waals surface area contributed by atoms with Crippen LogP contribution in [0.25, 0.3) is 0 Å². The molecule has 9 heteroatoms. The SMILES string of the molecule is Cc1cnc(CN(C)C(=O)c2ccc(S(=O)(=O)N3CC[C@H](N)C3)cc2)[nH]1. The lowest BCUT2D eigenvalue weighted by Gasteiger charge is -2.18. The lowest BCUT2D eigenvalue weighted by Crippen LogP contribution is -2.32. The normalized spacial score (nSPS) is 18.2. The first-order valence-corrected chi connectivity index (χ1v) is 9.83. The summed E-state index contributed by atoms with van der Waals surface area (Å²) in [7, 11) is -1.89. The van der Waals surface area contributed by atoms with Crippen LogP contribution in [0.1, 0.15) is 28.3 Å². The van der Waals surface area contributed by atoms with Gasteiger partial charge in [-0.05, 0) is 37.6 Å². The lowest BCUT2D eigenvalue weighted by molar-refractivity contribution is 0.0781. The van der Waals surface area contributed by atoms with E-state index < -0.39 is 10.0 Å². The van der Waals surface area contributed by atoms with Crippen LogP contribution in [0, 0.1) is 6.92 Å². The Bertz CT molecular complexity index is 891. The minimum atomic E-state index is -3.57. The van der Waals surface area contributed by atoms with Crippen LogP contribution in [0.2, 0.25) is 0 Å². The zero-order chi connectivity index (χ0) is 18.9. The fourth-order valence-corrected chi connectivity index (χ4v) is 4.47. The summed E-state index contributed by atoms with van der Waals surface area (Å²) in [6.07, 6.45) is 2.37. The van der Waals surface area contributed by atoms with E-state index in [1.807, 2.05) is 6.92 Å². The van der Waals surface area contributed by atoms with E-state index >= 15 is 0 Å². The van der Waals surface area contributed by atoms with Gasteiger partial charge in [0.25, 0.3) is 5.91 Å². The number of rotatable bonds is 5. The molecule has 0 saturated carbocycles. The molecule has 0 radical (unpaired) electrons. The summed E-state index contributed by atoms with van der Waals surface area (Å²) < 4.78 is 26.6. The molecule has 2 heterocycles. The van der Waals surface area contributed by atoms with Crippen LogP contribution in [0.5, 0.6) is 0 Å². The molecular formula is C17H23N5O3S. The van der Waals surface area contributed by atoms with Gasteiger partial charge in [-0.25, -0.2) is 13.4 Å². The highest BCUT2D eigenvalue weighted by molar-refractivity contribution is 7.89. The third-order valence-corrected chi connectivity index (χ3v) is 6.29. The molecule has 1 aliphatic heterocycles.